The lowest BCUT2D eigenvalue weighted by Gasteiger charge is -2.12. The molecule has 1 N–H and O–H groups in total. The number of nitrogens with zero attached hydrogens (tertiary/aromatic N) is 2. The molecule has 1 amide bonds. The highest BCUT2D eigenvalue weighted by molar-refractivity contribution is 5.98. The van der Waals surface area contributed by atoms with Crippen LogP contribution in [0, 0.1) is 13.8 Å². The van der Waals surface area contributed by atoms with Gasteiger partial charge >= 0.3 is 0 Å². The molecule has 0 saturated carbocycles. The molecule has 37 heavy (non-hydrogen) atoms. The van der Waals surface area contributed by atoms with E-state index < -0.39 is 0 Å². The fourth-order valence-corrected chi connectivity index (χ4v) is 4.52. The quantitative estimate of drug-likeness (QED) is 0.318. The van der Waals surface area contributed by atoms with Gasteiger partial charge in [0.2, 0.25) is 6.79 Å². The standard InChI is InChI=1S/C31H25N3O3/c1-19-5-3-7-22(13-19)29-30(23-8-4-6-20(2)14-23)34-26-16-24(10-11-25(26)33-29)31(35)32-17-21-9-12-27-28(15-21)37-18-36-27/h3-16H,17-18H2,1-2H3,(H,32,35). The lowest BCUT2D eigenvalue weighted by molar-refractivity contribution is 0.0951. The molecule has 0 radical (unpaired) electrons. The number of nitrogens with one attached hydrogen (secondary N) is 1. The van der Waals surface area contributed by atoms with Crippen molar-refractivity contribution in [3.8, 4) is 34.0 Å². The molecule has 0 unspecified atom stereocenters. The van der Waals surface area contributed by atoms with Gasteiger partial charge in [0.15, 0.2) is 11.5 Å². The van der Waals surface area contributed by atoms with Gasteiger partial charge in [-0.15, -0.1) is 0 Å². The van der Waals surface area contributed by atoms with Gasteiger partial charge in [0.25, 0.3) is 5.91 Å². The summed E-state index contributed by atoms with van der Waals surface area (Å²) in [5, 5.41) is 2.98. The van der Waals surface area contributed by atoms with Crippen LogP contribution in [-0.4, -0.2) is 22.7 Å². The maximum Gasteiger partial charge on any atom is 0.251 e. The maximum absolute atomic E-state index is 13.0. The number of amides is 1. The highest BCUT2D eigenvalue weighted by Crippen LogP contribution is 2.33. The third kappa shape index (κ3) is 4.61. The normalized spacial score (nSPS) is 12.1. The summed E-state index contributed by atoms with van der Waals surface area (Å²) in [5.74, 6) is 1.24. The molecule has 0 spiro atoms. The van der Waals surface area contributed by atoms with E-state index in [1.54, 1.807) is 12.1 Å². The zero-order valence-electron chi connectivity index (χ0n) is 20.6. The summed E-state index contributed by atoms with van der Waals surface area (Å²) < 4.78 is 10.8. The van der Waals surface area contributed by atoms with Gasteiger partial charge in [-0.1, -0.05) is 53.6 Å². The highest BCUT2D eigenvalue weighted by atomic mass is 16.7. The summed E-state index contributed by atoms with van der Waals surface area (Å²) in [5.41, 5.74) is 8.78. The first kappa shape index (κ1) is 22.7. The summed E-state index contributed by atoms with van der Waals surface area (Å²) in [4.78, 5) is 23.0. The van der Waals surface area contributed by atoms with Gasteiger partial charge in [0, 0.05) is 23.2 Å². The molecule has 0 bridgehead atoms. The van der Waals surface area contributed by atoms with Gasteiger partial charge in [-0.25, -0.2) is 9.97 Å². The third-order valence-electron chi connectivity index (χ3n) is 6.40. The molecule has 1 aromatic heterocycles. The predicted molar refractivity (Wildman–Crippen MR) is 144 cm³/mol. The first-order valence-electron chi connectivity index (χ1n) is 12.2. The number of aromatic nitrogens is 2. The number of fused-ring (bicyclic) bond motifs is 2. The molecule has 1 aliphatic heterocycles. The SMILES string of the molecule is Cc1cccc(-c2nc3ccc(C(=O)NCc4ccc5c(c4)OCO5)cc3nc2-c2cccc(C)c2)c1. The summed E-state index contributed by atoms with van der Waals surface area (Å²) in [6.45, 7) is 4.73. The van der Waals surface area contributed by atoms with E-state index in [0.717, 1.165) is 50.5 Å². The lowest BCUT2D eigenvalue weighted by Crippen LogP contribution is -2.22. The molecule has 1 aliphatic rings. The first-order valence-corrected chi connectivity index (χ1v) is 12.2. The number of aryl methyl sites for hydroxylation is 2. The van der Waals surface area contributed by atoms with Gasteiger partial charge < -0.3 is 14.8 Å². The van der Waals surface area contributed by atoms with Crippen LogP contribution in [-0.2, 0) is 6.54 Å². The second-order valence-electron chi connectivity index (χ2n) is 9.23. The van der Waals surface area contributed by atoms with E-state index in [4.69, 9.17) is 19.4 Å². The van der Waals surface area contributed by atoms with Gasteiger partial charge in [-0.05, 0) is 61.9 Å². The Morgan fingerprint density at radius 2 is 1.43 bits per heavy atom. The van der Waals surface area contributed by atoms with Crippen molar-refractivity contribution in [1.82, 2.24) is 15.3 Å². The third-order valence-corrected chi connectivity index (χ3v) is 6.40. The Morgan fingerprint density at radius 3 is 2.14 bits per heavy atom. The Kier molecular flexibility index (Phi) is 5.77. The zero-order chi connectivity index (χ0) is 25.4. The van der Waals surface area contributed by atoms with Crippen molar-refractivity contribution < 1.29 is 14.3 Å². The lowest BCUT2D eigenvalue weighted by atomic mass is 10.0. The van der Waals surface area contributed by atoms with Crippen LogP contribution in [0.1, 0.15) is 27.0 Å². The van der Waals surface area contributed by atoms with Gasteiger partial charge in [-0.2, -0.15) is 0 Å². The molecule has 0 saturated heterocycles. The number of hydrogen-bond acceptors (Lipinski definition) is 5. The molecular weight excluding hydrogens is 462 g/mol. The molecular formula is C31H25N3O3. The predicted octanol–water partition coefficient (Wildman–Crippen LogP) is 6.24. The van der Waals surface area contributed by atoms with Crippen LogP contribution in [0.2, 0.25) is 0 Å². The van der Waals surface area contributed by atoms with Crippen LogP contribution in [0.15, 0.2) is 84.9 Å². The summed E-state index contributed by atoms with van der Waals surface area (Å²) in [6.07, 6.45) is 0. The van der Waals surface area contributed by atoms with E-state index in [1.165, 1.54) is 0 Å². The van der Waals surface area contributed by atoms with E-state index in [0.29, 0.717) is 23.4 Å². The minimum Gasteiger partial charge on any atom is -0.454 e. The van der Waals surface area contributed by atoms with Crippen molar-refractivity contribution in [3.05, 3.63) is 107 Å². The Hall–Kier alpha value is -4.71. The number of carbonyl (C=O) groups excluding carboxylic acids is 1. The second-order valence-corrected chi connectivity index (χ2v) is 9.23. The van der Waals surface area contributed by atoms with Crippen molar-refractivity contribution in [2.45, 2.75) is 20.4 Å². The molecule has 182 valence electrons. The molecule has 6 rings (SSSR count). The van der Waals surface area contributed by atoms with Crippen LogP contribution in [0.3, 0.4) is 0 Å². The van der Waals surface area contributed by atoms with Gasteiger partial charge in [0.05, 0.1) is 22.4 Å². The summed E-state index contributed by atoms with van der Waals surface area (Å²) in [7, 11) is 0. The molecule has 0 aliphatic carbocycles. The van der Waals surface area contributed by atoms with E-state index in [-0.39, 0.29) is 12.7 Å². The fraction of sp³-hybridized carbons (Fsp3) is 0.129. The van der Waals surface area contributed by atoms with Crippen molar-refractivity contribution in [2.75, 3.05) is 6.79 Å². The van der Waals surface area contributed by atoms with Crippen LogP contribution in [0.25, 0.3) is 33.5 Å². The molecule has 2 heterocycles. The van der Waals surface area contributed by atoms with Crippen molar-refractivity contribution in [1.29, 1.82) is 0 Å². The number of hydrogen-bond donors (Lipinski definition) is 1. The topological polar surface area (TPSA) is 73.3 Å². The second kappa shape index (κ2) is 9.39. The van der Waals surface area contributed by atoms with E-state index in [1.807, 2.05) is 42.5 Å². The minimum atomic E-state index is -0.179. The average molecular weight is 488 g/mol. The average Bonchev–Trinajstić information content (AvgIpc) is 3.39. The van der Waals surface area contributed by atoms with Crippen LogP contribution >= 0.6 is 0 Å². The molecule has 0 atom stereocenters. The monoisotopic (exact) mass is 487 g/mol. The zero-order valence-corrected chi connectivity index (χ0v) is 20.6. The molecule has 5 aromatic rings. The van der Waals surface area contributed by atoms with Crippen LogP contribution < -0.4 is 14.8 Å². The minimum absolute atomic E-state index is 0.179. The van der Waals surface area contributed by atoms with Gasteiger partial charge in [-0.3, -0.25) is 4.79 Å². The smallest absolute Gasteiger partial charge is 0.251 e. The Labute approximate surface area is 214 Å². The van der Waals surface area contributed by atoms with Crippen LogP contribution in [0.5, 0.6) is 11.5 Å². The molecule has 6 heteroatoms. The highest BCUT2D eigenvalue weighted by Gasteiger charge is 2.16. The Morgan fingerprint density at radius 1 is 0.757 bits per heavy atom. The Balaban J connectivity index is 1.35. The molecule has 0 fully saturated rings. The molecule has 6 nitrogen and oxygen atoms in total. The van der Waals surface area contributed by atoms with Crippen molar-refractivity contribution >= 4 is 16.9 Å². The van der Waals surface area contributed by atoms with Gasteiger partial charge in [0.1, 0.15) is 0 Å². The number of rotatable bonds is 5. The van der Waals surface area contributed by atoms with E-state index >= 15 is 0 Å². The van der Waals surface area contributed by atoms with E-state index in [9.17, 15) is 4.79 Å². The largest absolute Gasteiger partial charge is 0.454 e. The number of carbonyl (C=O) groups is 1. The number of ether oxygens (including phenoxy) is 2. The van der Waals surface area contributed by atoms with E-state index in [2.05, 4.69) is 49.5 Å². The number of benzene rings is 4. The summed E-state index contributed by atoms with van der Waals surface area (Å²) in [6, 6.07) is 27.6. The Bertz CT molecular complexity index is 1660. The van der Waals surface area contributed by atoms with Crippen LogP contribution in [0.4, 0.5) is 0 Å². The van der Waals surface area contributed by atoms with Crippen molar-refractivity contribution in [2.24, 2.45) is 0 Å². The molecule has 4 aromatic carbocycles. The van der Waals surface area contributed by atoms with Crippen molar-refractivity contribution in [3.63, 3.8) is 0 Å². The fourth-order valence-electron chi connectivity index (χ4n) is 4.52. The maximum atomic E-state index is 13.0. The first-order chi connectivity index (χ1) is 18.0. The summed E-state index contributed by atoms with van der Waals surface area (Å²) >= 11 is 0.